The van der Waals surface area contributed by atoms with E-state index in [2.05, 4.69) is 26.6 Å². The number of thioether (sulfide) groups is 1. The number of thiophene rings is 1. The van der Waals surface area contributed by atoms with Crippen LogP contribution in [0.2, 0.25) is 0 Å². The van der Waals surface area contributed by atoms with Crippen LogP contribution in [0.4, 0.5) is 0 Å². The summed E-state index contributed by atoms with van der Waals surface area (Å²) in [4.78, 5) is 7.52. The molecule has 4 aromatic rings. The van der Waals surface area contributed by atoms with Crippen molar-refractivity contribution in [2.45, 2.75) is 76.8 Å². The van der Waals surface area contributed by atoms with E-state index >= 15 is 0 Å². The molecule has 4 aromatic heterocycles. The molecular formula is C20H26N6S2. The van der Waals surface area contributed by atoms with Crippen LogP contribution in [0, 0.1) is 6.92 Å². The predicted molar refractivity (Wildman–Crippen MR) is 116 cm³/mol. The van der Waals surface area contributed by atoms with E-state index in [0.717, 1.165) is 34.6 Å². The van der Waals surface area contributed by atoms with Crippen LogP contribution in [-0.4, -0.2) is 34.9 Å². The highest BCUT2D eigenvalue weighted by molar-refractivity contribution is 7.99. The maximum atomic E-state index is 4.76. The monoisotopic (exact) mass is 414 g/mol. The molecule has 1 aliphatic rings. The van der Waals surface area contributed by atoms with E-state index < -0.39 is 0 Å². The van der Waals surface area contributed by atoms with Crippen LogP contribution in [0.25, 0.3) is 21.6 Å². The molecule has 0 spiro atoms. The zero-order chi connectivity index (χ0) is 19.1. The average molecular weight is 415 g/mol. The molecular weight excluding hydrogens is 388 g/mol. The van der Waals surface area contributed by atoms with Crippen molar-refractivity contribution in [2.75, 3.05) is 5.75 Å². The summed E-state index contributed by atoms with van der Waals surface area (Å²) < 4.78 is 4.13. The Kier molecular flexibility index (Phi) is 5.00. The van der Waals surface area contributed by atoms with Gasteiger partial charge in [-0.2, -0.15) is 4.52 Å². The Morgan fingerprint density at radius 3 is 2.82 bits per heavy atom. The number of hydrogen-bond acceptors (Lipinski definition) is 6. The van der Waals surface area contributed by atoms with E-state index in [1.807, 2.05) is 34.5 Å². The molecule has 6 nitrogen and oxygen atoms in total. The summed E-state index contributed by atoms with van der Waals surface area (Å²) in [6.45, 7) is 4.21. The molecule has 0 saturated heterocycles. The summed E-state index contributed by atoms with van der Waals surface area (Å²) in [5.74, 6) is 2.67. The van der Waals surface area contributed by atoms with Gasteiger partial charge in [-0.25, -0.2) is 9.38 Å². The standard InChI is InChI=1S/C20H26N6S2/c1-3-4-5-6-9-12-27-20-23-22-19-25(20)18-16(17-21-13(2)24-26(17)19)14-10-7-8-11-15(14)28-18/h3-12H2,1-2H3. The fourth-order valence-electron chi connectivity index (χ4n) is 4.20. The van der Waals surface area contributed by atoms with Crippen molar-refractivity contribution < 1.29 is 0 Å². The molecule has 28 heavy (non-hydrogen) atoms. The first-order valence-electron chi connectivity index (χ1n) is 10.5. The second kappa shape index (κ2) is 7.63. The van der Waals surface area contributed by atoms with Crippen LogP contribution in [0.15, 0.2) is 5.16 Å². The molecule has 8 heteroatoms. The highest BCUT2D eigenvalue weighted by atomic mass is 32.2. The van der Waals surface area contributed by atoms with Gasteiger partial charge >= 0.3 is 0 Å². The maximum absolute atomic E-state index is 4.76. The molecule has 5 rings (SSSR count). The number of hydrogen-bond donors (Lipinski definition) is 0. The summed E-state index contributed by atoms with van der Waals surface area (Å²) in [7, 11) is 0. The van der Waals surface area contributed by atoms with Crippen LogP contribution in [0.5, 0.6) is 0 Å². The minimum atomic E-state index is 0.787. The third-order valence-corrected chi connectivity index (χ3v) is 7.87. The van der Waals surface area contributed by atoms with E-state index in [-0.39, 0.29) is 0 Å². The molecule has 0 unspecified atom stereocenters. The van der Waals surface area contributed by atoms with E-state index in [9.17, 15) is 0 Å². The highest BCUT2D eigenvalue weighted by Gasteiger charge is 2.25. The molecule has 4 heterocycles. The van der Waals surface area contributed by atoms with Crippen molar-refractivity contribution >= 4 is 44.7 Å². The minimum Gasteiger partial charge on any atom is -0.244 e. The van der Waals surface area contributed by atoms with E-state index in [1.165, 1.54) is 72.0 Å². The van der Waals surface area contributed by atoms with Gasteiger partial charge in [0.15, 0.2) is 10.8 Å². The third-order valence-electron chi connectivity index (χ3n) is 5.58. The lowest BCUT2D eigenvalue weighted by atomic mass is 9.97. The Balaban J connectivity index is 1.60. The van der Waals surface area contributed by atoms with Crippen molar-refractivity contribution in [2.24, 2.45) is 0 Å². The van der Waals surface area contributed by atoms with Crippen LogP contribution in [0.1, 0.15) is 68.1 Å². The van der Waals surface area contributed by atoms with E-state index in [4.69, 9.17) is 4.98 Å². The topological polar surface area (TPSA) is 60.4 Å². The van der Waals surface area contributed by atoms with Crippen molar-refractivity contribution in [1.82, 2.24) is 29.2 Å². The first-order valence-corrected chi connectivity index (χ1v) is 12.3. The Hall–Kier alpha value is -1.67. The number of rotatable bonds is 7. The number of aromatic nitrogens is 6. The summed E-state index contributed by atoms with van der Waals surface area (Å²) >= 11 is 3.74. The van der Waals surface area contributed by atoms with Gasteiger partial charge in [-0.05, 0) is 44.6 Å². The Labute approximate surface area is 172 Å². The molecule has 0 aromatic carbocycles. The fraction of sp³-hybridized carbons (Fsp3) is 0.600. The molecule has 0 radical (unpaired) electrons. The Morgan fingerprint density at radius 2 is 1.93 bits per heavy atom. The van der Waals surface area contributed by atoms with Gasteiger partial charge in [0.1, 0.15) is 10.7 Å². The van der Waals surface area contributed by atoms with Gasteiger partial charge in [0.2, 0.25) is 0 Å². The summed E-state index contributed by atoms with van der Waals surface area (Å²) in [6.07, 6.45) is 11.4. The first kappa shape index (κ1) is 18.4. The predicted octanol–water partition coefficient (Wildman–Crippen LogP) is 5.24. The fourth-order valence-corrected chi connectivity index (χ4v) is 6.57. The van der Waals surface area contributed by atoms with Crippen molar-refractivity contribution in [3.63, 3.8) is 0 Å². The van der Waals surface area contributed by atoms with Crippen LogP contribution >= 0.6 is 23.1 Å². The highest BCUT2D eigenvalue weighted by Crippen LogP contribution is 2.39. The molecule has 0 atom stereocenters. The number of aryl methyl sites for hydroxylation is 3. The molecule has 0 aliphatic heterocycles. The number of nitrogens with zero attached hydrogens (tertiary/aromatic N) is 6. The van der Waals surface area contributed by atoms with Gasteiger partial charge in [0, 0.05) is 10.6 Å². The summed E-state index contributed by atoms with van der Waals surface area (Å²) in [6, 6.07) is 0. The smallest absolute Gasteiger partial charge is 0.244 e. The molecule has 0 saturated carbocycles. The van der Waals surface area contributed by atoms with Crippen LogP contribution < -0.4 is 0 Å². The van der Waals surface area contributed by atoms with Gasteiger partial charge in [-0.1, -0.05) is 44.4 Å². The second-order valence-corrected chi connectivity index (χ2v) is 9.81. The third kappa shape index (κ3) is 3.01. The second-order valence-electron chi connectivity index (χ2n) is 7.67. The summed E-state index contributed by atoms with van der Waals surface area (Å²) in [5, 5.41) is 15.9. The lowest BCUT2D eigenvalue weighted by molar-refractivity contribution is 0.659. The molecule has 1 aliphatic carbocycles. The molecule has 0 bridgehead atoms. The number of fused-ring (bicyclic) bond motifs is 8. The normalized spacial score (nSPS) is 14.5. The van der Waals surface area contributed by atoms with Gasteiger partial charge in [-0.15, -0.1) is 26.6 Å². The quantitative estimate of drug-likeness (QED) is 0.306. The minimum absolute atomic E-state index is 0.787. The van der Waals surface area contributed by atoms with E-state index in [1.54, 1.807) is 0 Å². The Bertz CT molecular complexity index is 1140. The van der Waals surface area contributed by atoms with Gasteiger partial charge in [-0.3, -0.25) is 0 Å². The summed E-state index contributed by atoms with van der Waals surface area (Å²) in [5.41, 5.74) is 2.43. The average Bonchev–Trinajstić information content (AvgIpc) is 3.38. The number of unbranched alkanes of at least 4 members (excludes halogenated alkanes) is 4. The largest absolute Gasteiger partial charge is 0.260 e. The maximum Gasteiger partial charge on any atom is 0.260 e. The van der Waals surface area contributed by atoms with Gasteiger partial charge < -0.3 is 0 Å². The van der Waals surface area contributed by atoms with Crippen molar-refractivity contribution in [3.05, 3.63) is 16.3 Å². The van der Waals surface area contributed by atoms with Crippen LogP contribution in [-0.2, 0) is 12.8 Å². The Morgan fingerprint density at radius 1 is 1.07 bits per heavy atom. The zero-order valence-electron chi connectivity index (χ0n) is 16.6. The lowest BCUT2D eigenvalue weighted by Gasteiger charge is -2.10. The first-order chi connectivity index (χ1) is 13.8. The molecule has 0 fully saturated rings. The zero-order valence-corrected chi connectivity index (χ0v) is 18.2. The molecule has 148 valence electrons. The molecule has 0 amide bonds. The van der Waals surface area contributed by atoms with Crippen LogP contribution in [0.3, 0.4) is 0 Å². The van der Waals surface area contributed by atoms with Gasteiger partial charge in [0.05, 0.1) is 5.39 Å². The SMILES string of the molecule is CCCCCCCSc1nnc2n3nc(C)nc3c3c4c(sc3n12)CCCC4. The van der Waals surface area contributed by atoms with Crippen molar-refractivity contribution in [1.29, 1.82) is 0 Å². The molecule has 0 N–H and O–H groups in total. The van der Waals surface area contributed by atoms with Gasteiger partial charge in [0.25, 0.3) is 5.78 Å². The van der Waals surface area contributed by atoms with Crippen molar-refractivity contribution in [3.8, 4) is 0 Å². The lowest BCUT2D eigenvalue weighted by Crippen LogP contribution is -2.01. The van der Waals surface area contributed by atoms with E-state index in [0.29, 0.717) is 0 Å².